The number of carbonyl (C=O) groups is 3. The van der Waals surface area contributed by atoms with Gasteiger partial charge in [-0.2, -0.15) is 13.2 Å². The fraction of sp³-hybridized carbons (Fsp3) is 0.553. The molecule has 7 rings (SSSR count). The molecule has 1 spiro atoms. The summed E-state index contributed by atoms with van der Waals surface area (Å²) in [6.07, 6.45) is -4.81. The molecule has 6 aliphatic rings. The number of benzene rings is 1. The fourth-order valence-corrected chi connectivity index (χ4v) is 9.31. The number of aliphatic hydroxyl groups is 3. The van der Waals surface area contributed by atoms with E-state index in [0.29, 0.717) is 0 Å². The molecule has 0 unspecified atom stereocenters. The molecule has 1 saturated heterocycles. The average molecular weight is 717 g/mol. The van der Waals surface area contributed by atoms with Crippen LogP contribution < -0.4 is 0 Å². The molecule has 51 heavy (non-hydrogen) atoms. The number of halogens is 3. The van der Waals surface area contributed by atoms with Crippen LogP contribution in [0.3, 0.4) is 0 Å². The summed E-state index contributed by atoms with van der Waals surface area (Å²) < 4.78 is 68.0. The van der Waals surface area contributed by atoms with Gasteiger partial charge in [0.25, 0.3) is 5.60 Å². The molecule has 1 saturated carbocycles. The number of esters is 1. The molecule has 0 amide bonds. The van der Waals surface area contributed by atoms with Gasteiger partial charge in [-0.1, -0.05) is 42.5 Å². The Bertz CT molecular complexity index is 1740. The molecular weight excluding hydrogens is 673 g/mol. The maximum atomic E-state index is 14.8. The number of rotatable bonds is 9. The van der Waals surface area contributed by atoms with Crippen LogP contribution in [0.15, 0.2) is 78.8 Å². The van der Waals surface area contributed by atoms with E-state index < -0.39 is 92.7 Å². The van der Waals surface area contributed by atoms with E-state index in [-0.39, 0.29) is 42.8 Å². The number of ether oxygens (including phenoxy) is 4. The zero-order chi connectivity index (χ0) is 37.7. The largest absolute Gasteiger partial charge is 0.491 e. The summed E-state index contributed by atoms with van der Waals surface area (Å²) in [5.74, 6) is -7.11. The normalized spacial score (nSPS) is 36.5. The minimum Gasteiger partial charge on any atom is -0.491 e. The summed E-state index contributed by atoms with van der Waals surface area (Å²) in [5, 5.41) is 35.9. The smallest absolute Gasteiger partial charge is 0.432 e. The molecule has 2 fully saturated rings. The summed E-state index contributed by atoms with van der Waals surface area (Å²) >= 11 is 0. The van der Waals surface area contributed by atoms with Gasteiger partial charge in [0.15, 0.2) is 11.6 Å². The Morgan fingerprint density at radius 1 is 1.06 bits per heavy atom. The van der Waals surface area contributed by atoms with Gasteiger partial charge in [0.05, 0.1) is 16.9 Å². The second-order valence-corrected chi connectivity index (χ2v) is 15.4. The Hall–Kier alpha value is -3.78. The number of alkyl halides is 3. The highest BCUT2D eigenvalue weighted by molar-refractivity contribution is 6.03. The lowest BCUT2D eigenvalue weighted by molar-refractivity contribution is -0.282. The lowest BCUT2D eigenvalue weighted by Gasteiger charge is -2.66. The van der Waals surface area contributed by atoms with E-state index in [1.807, 2.05) is 0 Å². The van der Waals surface area contributed by atoms with Crippen LogP contribution in [-0.2, 0) is 38.9 Å². The zero-order valence-electron chi connectivity index (χ0n) is 29.1. The molecule has 10 nitrogen and oxygen atoms in total. The van der Waals surface area contributed by atoms with Crippen molar-refractivity contribution in [3.63, 3.8) is 0 Å². The third kappa shape index (κ3) is 4.87. The van der Waals surface area contributed by atoms with Crippen molar-refractivity contribution in [2.45, 2.75) is 99.8 Å². The SMILES string of the molecule is C=CC[C@]1(O)C(=O)C=C2O[C@H](C(C)(C)O)C[C@]23[C@@H]2C(=O)[C@@](O)(CC=C)[C@@H](C4=C2OC(C)(C)[C@H](OC(=O)[C@@](OC)(c2ccccc2)C(F)(F)F)C4)[C@H]31. The van der Waals surface area contributed by atoms with Gasteiger partial charge < -0.3 is 34.3 Å². The van der Waals surface area contributed by atoms with E-state index in [0.717, 1.165) is 25.3 Å². The molecule has 1 aromatic carbocycles. The van der Waals surface area contributed by atoms with Crippen LogP contribution in [0.5, 0.6) is 0 Å². The molecule has 0 aromatic heterocycles. The van der Waals surface area contributed by atoms with E-state index in [1.54, 1.807) is 0 Å². The number of fused-ring (bicyclic) bond motifs is 1. The second-order valence-electron chi connectivity index (χ2n) is 15.4. The van der Waals surface area contributed by atoms with Gasteiger partial charge in [0, 0.05) is 56.3 Å². The number of allylic oxidation sites excluding steroid dienone is 2. The van der Waals surface area contributed by atoms with Gasteiger partial charge in [-0.25, -0.2) is 4.79 Å². The first kappa shape index (κ1) is 37.0. The third-order valence-electron chi connectivity index (χ3n) is 11.7. The highest BCUT2D eigenvalue weighted by Crippen LogP contribution is 2.73. The Morgan fingerprint density at radius 2 is 1.67 bits per heavy atom. The van der Waals surface area contributed by atoms with Crippen LogP contribution in [0.2, 0.25) is 0 Å². The van der Waals surface area contributed by atoms with Crippen molar-refractivity contribution < 1.29 is 61.8 Å². The van der Waals surface area contributed by atoms with Crippen LogP contribution in [0.25, 0.3) is 0 Å². The molecule has 9 atom stereocenters. The van der Waals surface area contributed by atoms with Crippen molar-refractivity contribution in [1.29, 1.82) is 0 Å². The first-order valence-corrected chi connectivity index (χ1v) is 16.8. The molecule has 1 aromatic rings. The lowest BCUT2D eigenvalue weighted by atomic mass is 9.38. The van der Waals surface area contributed by atoms with Crippen LogP contribution in [0.4, 0.5) is 13.2 Å². The van der Waals surface area contributed by atoms with Gasteiger partial charge >= 0.3 is 12.1 Å². The maximum absolute atomic E-state index is 14.8. The predicted molar refractivity (Wildman–Crippen MR) is 174 cm³/mol. The van der Waals surface area contributed by atoms with Gasteiger partial charge in [0.1, 0.15) is 40.5 Å². The van der Waals surface area contributed by atoms with Crippen molar-refractivity contribution in [2.75, 3.05) is 7.11 Å². The van der Waals surface area contributed by atoms with Gasteiger partial charge in [-0.3, -0.25) is 9.59 Å². The van der Waals surface area contributed by atoms with E-state index >= 15 is 0 Å². The minimum absolute atomic E-state index is 0.0468. The molecule has 2 bridgehead atoms. The van der Waals surface area contributed by atoms with Crippen LogP contribution in [-0.4, -0.2) is 80.8 Å². The molecule has 3 N–H and O–H groups in total. The first-order valence-electron chi connectivity index (χ1n) is 16.8. The average Bonchev–Trinajstić information content (AvgIpc) is 3.40. The summed E-state index contributed by atoms with van der Waals surface area (Å²) in [7, 11) is 0.752. The number of carbonyl (C=O) groups excluding carboxylic acids is 3. The van der Waals surface area contributed by atoms with Crippen LogP contribution in [0, 0.1) is 23.2 Å². The van der Waals surface area contributed by atoms with Crippen LogP contribution >= 0.6 is 0 Å². The lowest BCUT2D eigenvalue weighted by Crippen LogP contribution is -2.75. The van der Waals surface area contributed by atoms with E-state index in [4.69, 9.17) is 18.9 Å². The number of hydrogen-bond donors (Lipinski definition) is 3. The number of Topliss-reactive ketones (excluding diaryl/α,β-unsaturated/α-hetero) is 1. The summed E-state index contributed by atoms with van der Waals surface area (Å²) in [5.41, 5.74) is -12.8. The van der Waals surface area contributed by atoms with Crippen molar-refractivity contribution in [3.05, 3.63) is 84.4 Å². The topological polar surface area (TPSA) is 149 Å². The predicted octanol–water partition coefficient (Wildman–Crippen LogP) is 4.53. The van der Waals surface area contributed by atoms with Crippen molar-refractivity contribution in [1.82, 2.24) is 0 Å². The molecule has 276 valence electrons. The molecule has 4 aliphatic carbocycles. The Morgan fingerprint density at radius 3 is 2.22 bits per heavy atom. The summed E-state index contributed by atoms with van der Waals surface area (Å²) in [6.45, 7) is 13.5. The van der Waals surface area contributed by atoms with Gasteiger partial charge in [-0.05, 0) is 33.3 Å². The minimum atomic E-state index is -5.26. The molecule has 13 heteroatoms. The standard InChI is InChI=1S/C38H43F3O10/c1-8-15-35(46)22(42)18-24-34(19-25(49-24)32(3,4)45)27-28-21(26(29(34)35)36(47,16-9-2)30(27)43)17-23(33(5,6)51-28)50-31(44)37(48-7,38(39,40)41)20-13-11-10-12-14-20/h8-14,18,23,25-27,29,45-47H,1-2,15-17,19H2,3-7H3/t23-,25+,26+,27+,29-,34-,35+,36-,37+/m1/s1. The van der Waals surface area contributed by atoms with Gasteiger partial charge in [0.2, 0.25) is 0 Å². The maximum Gasteiger partial charge on any atom is 0.432 e. The monoisotopic (exact) mass is 716 g/mol. The number of methoxy groups -OCH3 is 1. The highest BCUT2D eigenvalue weighted by atomic mass is 19.4. The fourth-order valence-electron chi connectivity index (χ4n) is 9.31. The zero-order valence-corrected chi connectivity index (χ0v) is 29.1. The molecule has 0 radical (unpaired) electrons. The summed E-state index contributed by atoms with van der Waals surface area (Å²) in [6, 6.07) is 6.33. The number of hydrogen-bond acceptors (Lipinski definition) is 10. The Balaban J connectivity index is 1.54. The van der Waals surface area contributed by atoms with Crippen molar-refractivity contribution >= 4 is 17.5 Å². The van der Waals surface area contributed by atoms with E-state index in [1.165, 1.54) is 58.0 Å². The molecule has 2 heterocycles. The third-order valence-corrected chi connectivity index (χ3v) is 11.7. The van der Waals surface area contributed by atoms with Crippen molar-refractivity contribution in [3.8, 4) is 0 Å². The van der Waals surface area contributed by atoms with Crippen molar-refractivity contribution in [2.24, 2.45) is 23.2 Å². The quantitative estimate of drug-likeness (QED) is 0.246. The molecular formula is C38H43F3O10. The first-order chi connectivity index (χ1) is 23.6. The van der Waals surface area contributed by atoms with Gasteiger partial charge in [-0.15, -0.1) is 13.2 Å². The molecule has 2 aliphatic heterocycles. The summed E-state index contributed by atoms with van der Waals surface area (Å²) in [4.78, 5) is 42.4. The Labute approximate surface area is 293 Å². The second kappa shape index (κ2) is 11.6. The van der Waals surface area contributed by atoms with E-state index in [2.05, 4.69) is 13.2 Å². The highest BCUT2D eigenvalue weighted by Gasteiger charge is 2.80. The number of ketones is 2. The Kier molecular flexibility index (Phi) is 8.42. The van der Waals surface area contributed by atoms with E-state index in [9.17, 15) is 42.9 Å². The van der Waals surface area contributed by atoms with Crippen LogP contribution in [0.1, 0.15) is 58.9 Å².